The predicted octanol–water partition coefficient (Wildman–Crippen LogP) is 3.64. The number of aryl methyl sites for hydroxylation is 1. The van der Waals surface area contributed by atoms with Crippen molar-refractivity contribution in [1.82, 2.24) is 9.13 Å². The van der Waals surface area contributed by atoms with Crippen LogP contribution < -0.4 is 10.6 Å². The van der Waals surface area contributed by atoms with Crippen LogP contribution >= 0.6 is 0 Å². The van der Waals surface area contributed by atoms with Gasteiger partial charge in [-0.25, -0.2) is 4.79 Å². The normalized spacial score (nSPS) is 17.0. The Balaban J connectivity index is 1.87. The quantitative estimate of drug-likeness (QED) is 0.611. The molecule has 0 spiro atoms. The molecule has 1 aromatic heterocycles. The van der Waals surface area contributed by atoms with Gasteiger partial charge in [0.05, 0.1) is 29.1 Å². The summed E-state index contributed by atoms with van der Waals surface area (Å²) in [5.74, 6) is -0.799. The maximum absolute atomic E-state index is 13.8. The number of rotatable bonds is 7. The maximum Gasteiger partial charge on any atom is 0.329 e. The lowest BCUT2D eigenvalue weighted by molar-refractivity contribution is -0.150. The Morgan fingerprint density at radius 1 is 1.19 bits per heavy atom. The second-order valence-corrected chi connectivity index (χ2v) is 9.34. The third-order valence-corrected chi connectivity index (χ3v) is 6.91. The number of carboxylic acids is 1. The number of benzene rings is 2. The van der Waals surface area contributed by atoms with Crippen molar-refractivity contribution in [2.24, 2.45) is 5.41 Å². The first kappa shape index (κ1) is 22.1. The summed E-state index contributed by atoms with van der Waals surface area (Å²) < 4.78 is 8.80. The second kappa shape index (κ2) is 8.13. The molecule has 170 valence electrons. The van der Waals surface area contributed by atoms with Crippen molar-refractivity contribution in [3.63, 3.8) is 0 Å². The number of aliphatic carboxylic acids is 1. The highest BCUT2D eigenvalue weighted by atomic mass is 16.5. The van der Waals surface area contributed by atoms with Gasteiger partial charge in [-0.05, 0) is 50.1 Å². The topological polar surface area (TPSA) is 76.7 Å². The number of fused-ring (bicyclic) bond motifs is 2. The number of hydrogen-bond donors (Lipinski definition) is 1. The van der Waals surface area contributed by atoms with E-state index in [1.807, 2.05) is 24.3 Å². The Hall–Kier alpha value is -3.06. The Labute approximate surface area is 187 Å². The van der Waals surface area contributed by atoms with Crippen molar-refractivity contribution < 1.29 is 14.6 Å². The maximum atomic E-state index is 13.8. The summed E-state index contributed by atoms with van der Waals surface area (Å²) in [7, 11) is 3.61. The van der Waals surface area contributed by atoms with Crippen LogP contribution in [0.3, 0.4) is 0 Å². The summed E-state index contributed by atoms with van der Waals surface area (Å²) in [6.07, 6.45) is 0. The van der Waals surface area contributed by atoms with E-state index in [9.17, 15) is 14.7 Å². The average molecular weight is 438 g/mol. The van der Waals surface area contributed by atoms with Gasteiger partial charge in [-0.15, -0.1) is 0 Å². The molecule has 7 nitrogen and oxygen atoms in total. The zero-order chi connectivity index (χ0) is 23.2. The van der Waals surface area contributed by atoms with E-state index in [0.29, 0.717) is 6.54 Å². The highest BCUT2D eigenvalue weighted by Gasteiger charge is 2.40. The van der Waals surface area contributed by atoms with Gasteiger partial charge in [0.15, 0.2) is 0 Å². The molecule has 0 saturated heterocycles. The lowest BCUT2D eigenvalue weighted by Gasteiger charge is -2.30. The number of carbonyl (C=O) groups is 1. The molecule has 0 amide bonds. The Bertz CT molecular complexity index is 1220. The number of anilines is 1. The zero-order valence-electron chi connectivity index (χ0n) is 19.3. The molecule has 2 aromatic carbocycles. The molecular weight excluding hydrogens is 406 g/mol. The van der Waals surface area contributed by atoms with E-state index in [1.54, 1.807) is 23.0 Å². The van der Waals surface area contributed by atoms with Gasteiger partial charge >= 0.3 is 11.7 Å². The van der Waals surface area contributed by atoms with Gasteiger partial charge < -0.3 is 14.7 Å². The minimum Gasteiger partial charge on any atom is -0.481 e. The lowest BCUT2D eigenvalue weighted by atomic mass is 9.84. The molecule has 0 saturated carbocycles. The Kier molecular flexibility index (Phi) is 5.63. The van der Waals surface area contributed by atoms with Crippen LogP contribution in [-0.4, -0.2) is 47.5 Å². The van der Waals surface area contributed by atoms with Gasteiger partial charge in [-0.1, -0.05) is 24.3 Å². The molecule has 0 radical (unpaired) electrons. The Morgan fingerprint density at radius 3 is 2.53 bits per heavy atom. The Morgan fingerprint density at radius 2 is 1.88 bits per heavy atom. The molecule has 2 atom stereocenters. The van der Waals surface area contributed by atoms with E-state index in [2.05, 4.69) is 37.1 Å². The smallest absolute Gasteiger partial charge is 0.329 e. The molecule has 1 aliphatic heterocycles. The summed E-state index contributed by atoms with van der Waals surface area (Å²) in [6, 6.07) is 13.3. The van der Waals surface area contributed by atoms with Crippen molar-refractivity contribution in [2.75, 3.05) is 32.2 Å². The first-order chi connectivity index (χ1) is 15.2. The second-order valence-electron chi connectivity index (χ2n) is 9.34. The van der Waals surface area contributed by atoms with Crippen LogP contribution in [0.4, 0.5) is 5.69 Å². The minimum absolute atomic E-state index is 0.126. The van der Waals surface area contributed by atoms with Crippen molar-refractivity contribution >= 4 is 22.7 Å². The zero-order valence-corrected chi connectivity index (χ0v) is 19.3. The average Bonchev–Trinajstić information content (AvgIpc) is 3.21. The number of likely N-dealkylation sites (N-methyl/N-ethyl adjacent to an activating group) is 1. The highest BCUT2D eigenvalue weighted by Crippen LogP contribution is 2.39. The summed E-state index contributed by atoms with van der Waals surface area (Å²) in [5, 5.41) is 9.88. The number of imidazole rings is 1. The molecule has 0 bridgehead atoms. The third kappa shape index (κ3) is 3.41. The van der Waals surface area contributed by atoms with Crippen molar-refractivity contribution in [3.05, 3.63) is 64.1 Å². The number of ether oxygens (including phenoxy) is 1. The van der Waals surface area contributed by atoms with Crippen LogP contribution in [0, 0.1) is 12.3 Å². The van der Waals surface area contributed by atoms with Gasteiger partial charge in [0.25, 0.3) is 0 Å². The molecule has 7 heteroatoms. The summed E-state index contributed by atoms with van der Waals surface area (Å²) >= 11 is 0. The van der Waals surface area contributed by atoms with Gasteiger partial charge in [-0.3, -0.25) is 13.9 Å². The third-order valence-electron chi connectivity index (χ3n) is 6.91. The number of nitrogens with zero attached hydrogens (tertiary/aromatic N) is 3. The van der Waals surface area contributed by atoms with Crippen LogP contribution in [0.2, 0.25) is 0 Å². The highest BCUT2D eigenvalue weighted by molar-refractivity contribution is 5.78. The molecular formula is C25H31N3O4. The molecule has 4 rings (SSSR count). The van der Waals surface area contributed by atoms with Gasteiger partial charge in [-0.2, -0.15) is 0 Å². The number of hydrogen-bond acceptors (Lipinski definition) is 4. The number of para-hydroxylation sites is 2. The van der Waals surface area contributed by atoms with Crippen LogP contribution in [0.25, 0.3) is 11.0 Å². The van der Waals surface area contributed by atoms with Gasteiger partial charge in [0.1, 0.15) is 0 Å². The summed E-state index contributed by atoms with van der Waals surface area (Å²) in [6.45, 7) is 6.88. The number of aromatic nitrogens is 2. The minimum atomic E-state index is -1.19. The van der Waals surface area contributed by atoms with E-state index in [-0.39, 0.29) is 18.2 Å². The van der Waals surface area contributed by atoms with Gasteiger partial charge in [0, 0.05) is 38.9 Å². The van der Waals surface area contributed by atoms with E-state index >= 15 is 0 Å². The lowest BCUT2D eigenvalue weighted by Crippen LogP contribution is -2.42. The fraction of sp³-hybridized carbons (Fsp3) is 0.440. The van der Waals surface area contributed by atoms with Crippen molar-refractivity contribution in [3.8, 4) is 0 Å². The van der Waals surface area contributed by atoms with E-state index < -0.39 is 17.4 Å². The van der Waals surface area contributed by atoms with E-state index in [4.69, 9.17) is 4.74 Å². The van der Waals surface area contributed by atoms with Crippen molar-refractivity contribution in [1.29, 1.82) is 0 Å². The van der Waals surface area contributed by atoms with Gasteiger partial charge in [0.2, 0.25) is 0 Å². The van der Waals surface area contributed by atoms with E-state index in [1.165, 1.54) is 23.9 Å². The molecule has 2 heterocycles. The molecule has 0 fully saturated rings. The predicted molar refractivity (Wildman–Crippen MR) is 126 cm³/mol. The monoisotopic (exact) mass is 437 g/mol. The van der Waals surface area contributed by atoms with Crippen LogP contribution in [-0.2, 0) is 16.1 Å². The summed E-state index contributed by atoms with van der Waals surface area (Å²) in [4.78, 5) is 28.1. The first-order valence-electron chi connectivity index (χ1n) is 10.9. The largest absolute Gasteiger partial charge is 0.481 e. The number of carboxylic acid groups (broad SMARTS) is 1. The number of methoxy groups -OCH3 is 1. The fourth-order valence-corrected chi connectivity index (χ4v) is 5.03. The molecule has 32 heavy (non-hydrogen) atoms. The fourth-order valence-electron chi connectivity index (χ4n) is 5.03. The van der Waals surface area contributed by atoms with Crippen molar-refractivity contribution in [2.45, 2.75) is 39.3 Å². The molecule has 3 aromatic rings. The van der Waals surface area contributed by atoms with Crippen LogP contribution in [0.15, 0.2) is 47.3 Å². The SMILES string of the molecule is COCC(n1c(=O)n(CC2CN(C)c3cccc(C)c32)c2ccccc21)C(C)(C)C(=O)O. The first-order valence-corrected chi connectivity index (χ1v) is 10.9. The van der Waals surface area contributed by atoms with E-state index in [0.717, 1.165) is 17.6 Å². The van der Waals surface area contributed by atoms with Crippen LogP contribution in [0.5, 0.6) is 0 Å². The molecule has 2 unspecified atom stereocenters. The molecule has 1 N–H and O–H groups in total. The molecule has 0 aliphatic carbocycles. The standard InChI is InChI=1S/C25H31N3O4/c1-16-9-8-12-20-22(16)17(13-26(20)4)14-27-18-10-6-7-11-19(18)28(24(27)31)21(15-32-5)25(2,3)23(29)30/h6-12,17,21H,13-15H2,1-5H3,(H,29,30). The summed E-state index contributed by atoms with van der Waals surface area (Å²) in [5.41, 5.74) is 3.85. The van der Waals surface area contributed by atoms with Crippen LogP contribution in [0.1, 0.15) is 36.9 Å². The molecule has 1 aliphatic rings.